The van der Waals surface area contributed by atoms with E-state index in [-0.39, 0.29) is 36.8 Å². The smallest absolute Gasteiger partial charge is 0.237 e. The standard InChI is InChI=1S/C15H26N4O3S/c16-11-14-7-4-9-19(14)15(20)12-17-8-10-23(21,22)18-13-5-2-1-3-6-13/h13-14,17-18H,1-10,12H2/t14-/m0/s1. The molecule has 1 heterocycles. The summed E-state index contributed by atoms with van der Waals surface area (Å²) in [4.78, 5) is 13.6. The number of likely N-dealkylation sites (tertiary alicyclic amines) is 1. The summed E-state index contributed by atoms with van der Waals surface area (Å²) in [6.45, 7) is 0.927. The van der Waals surface area contributed by atoms with Crippen LogP contribution >= 0.6 is 0 Å². The highest BCUT2D eigenvalue weighted by molar-refractivity contribution is 7.89. The fraction of sp³-hybridized carbons (Fsp3) is 0.867. The first kappa shape index (κ1) is 18.2. The van der Waals surface area contributed by atoms with E-state index in [1.807, 2.05) is 0 Å². The van der Waals surface area contributed by atoms with E-state index in [9.17, 15) is 13.2 Å². The fourth-order valence-corrected chi connectivity index (χ4v) is 4.51. The number of carbonyl (C=O) groups excluding carboxylic acids is 1. The van der Waals surface area contributed by atoms with Crippen molar-refractivity contribution in [1.29, 1.82) is 5.26 Å². The van der Waals surface area contributed by atoms with Gasteiger partial charge in [0.05, 0.1) is 18.4 Å². The van der Waals surface area contributed by atoms with Gasteiger partial charge in [0.2, 0.25) is 15.9 Å². The molecule has 0 aromatic carbocycles. The summed E-state index contributed by atoms with van der Waals surface area (Å²) in [7, 11) is -3.30. The van der Waals surface area contributed by atoms with E-state index in [4.69, 9.17) is 5.26 Å². The lowest BCUT2D eigenvalue weighted by Crippen LogP contribution is -2.43. The second-order valence-electron chi connectivity index (χ2n) is 6.32. The first-order chi connectivity index (χ1) is 11.0. The first-order valence-corrected chi connectivity index (χ1v) is 10.1. The van der Waals surface area contributed by atoms with Crippen molar-refractivity contribution in [2.45, 2.75) is 57.0 Å². The molecule has 0 bridgehead atoms. The summed E-state index contributed by atoms with van der Waals surface area (Å²) in [5.41, 5.74) is 0. The van der Waals surface area contributed by atoms with Crippen molar-refractivity contribution in [2.24, 2.45) is 0 Å². The molecule has 0 spiro atoms. The molecule has 0 unspecified atom stereocenters. The molecule has 7 nitrogen and oxygen atoms in total. The molecule has 0 radical (unpaired) electrons. The number of rotatable bonds is 7. The van der Waals surface area contributed by atoms with Gasteiger partial charge in [0.1, 0.15) is 6.04 Å². The van der Waals surface area contributed by atoms with Gasteiger partial charge < -0.3 is 10.2 Å². The maximum absolute atomic E-state index is 12.0. The number of hydrogen-bond donors (Lipinski definition) is 2. The monoisotopic (exact) mass is 342 g/mol. The van der Waals surface area contributed by atoms with E-state index in [2.05, 4.69) is 16.1 Å². The number of nitrogens with zero attached hydrogens (tertiary/aromatic N) is 2. The highest BCUT2D eigenvalue weighted by Gasteiger charge is 2.28. The van der Waals surface area contributed by atoms with Gasteiger partial charge in [-0.3, -0.25) is 4.79 Å². The zero-order chi connectivity index (χ0) is 16.7. The Hall–Kier alpha value is -1.17. The van der Waals surface area contributed by atoms with Crippen molar-refractivity contribution in [1.82, 2.24) is 14.9 Å². The second kappa shape index (κ2) is 8.62. The molecular weight excluding hydrogens is 316 g/mol. The first-order valence-electron chi connectivity index (χ1n) is 8.41. The van der Waals surface area contributed by atoms with E-state index in [1.54, 1.807) is 4.90 Å². The molecule has 1 atom stereocenters. The molecule has 23 heavy (non-hydrogen) atoms. The zero-order valence-corrected chi connectivity index (χ0v) is 14.3. The summed E-state index contributed by atoms with van der Waals surface area (Å²) in [6.07, 6.45) is 6.74. The summed E-state index contributed by atoms with van der Waals surface area (Å²) in [5.74, 6) is -0.162. The lowest BCUT2D eigenvalue weighted by molar-refractivity contribution is -0.130. The maximum atomic E-state index is 12.0. The van der Waals surface area contributed by atoms with E-state index >= 15 is 0 Å². The van der Waals surface area contributed by atoms with Gasteiger partial charge in [-0.1, -0.05) is 19.3 Å². The third-order valence-corrected chi connectivity index (χ3v) is 5.93. The number of amides is 1. The highest BCUT2D eigenvalue weighted by Crippen LogP contribution is 2.18. The molecule has 130 valence electrons. The average Bonchev–Trinajstić information content (AvgIpc) is 3.00. The van der Waals surface area contributed by atoms with Crippen molar-refractivity contribution >= 4 is 15.9 Å². The van der Waals surface area contributed by atoms with Gasteiger partial charge in [-0.25, -0.2) is 13.1 Å². The molecule has 1 aliphatic carbocycles. The van der Waals surface area contributed by atoms with Crippen LogP contribution in [0.25, 0.3) is 0 Å². The third kappa shape index (κ3) is 5.75. The summed E-state index contributed by atoms with van der Waals surface area (Å²) < 4.78 is 26.8. The van der Waals surface area contributed by atoms with Gasteiger partial charge in [0.25, 0.3) is 0 Å². The van der Waals surface area contributed by atoms with Crippen molar-refractivity contribution in [3.8, 4) is 6.07 Å². The molecular formula is C15H26N4O3S. The number of sulfonamides is 1. The normalized spacial score (nSPS) is 22.9. The average molecular weight is 342 g/mol. The van der Waals surface area contributed by atoms with Crippen LogP contribution in [0.4, 0.5) is 0 Å². The quantitative estimate of drug-likeness (QED) is 0.650. The van der Waals surface area contributed by atoms with Crippen LogP contribution in [0.3, 0.4) is 0 Å². The van der Waals surface area contributed by atoms with Crippen LogP contribution in [0, 0.1) is 11.3 Å². The minimum absolute atomic E-state index is 0.0293. The molecule has 8 heteroatoms. The second-order valence-corrected chi connectivity index (χ2v) is 8.20. The highest BCUT2D eigenvalue weighted by atomic mass is 32.2. The largest absolute Gasteiger partial charge is 0.326 e. The zero-order valence-electron chi connectivity index (χ0n) is 13.5. The van der Waals surface area contributed by atoms with Gasteiger partial charge >= 0.3 is 0 Å². The number of nitriles is 1. The Kier molecular flexibility index (Phi) is 6.81. The van der Waals surface area contributed by atoms with E-state index in [0.29, 0.717) is 6.54 Å². The molecule has 1 amide bonds. The van der Waals surface area contributed by atoms with E-state index in [0.717, 1.165) is 38.5 Å². The predicted molar refractivity (Wildman–Crippen MR) is 87.0 cm³/mol. The molecule has 1 saturated carbocycles. The van der Waals surface area contributed by atoms with Crippen molar-refractivity contribution in [2.75, 3.05) is 25.4 Å². The van der Waals surface area contributed by atoms with Crippen LogP contribution in [0.2, 0.25) is 0 Å². The summed E-state index contributed by atoms with van der Waals surface area (Å²) >= 11 is 0. The maximum Gasteiger partial charge on any atom is 0.237 e. The minimum atomic E-state index is -3.30. The Morgan fingerprint density at radius 1 is 1.17 bits per heavy atom. The lowest BCUT2D eigenvalue weighted by Gasteiger charge is -2.22. The van der Waals surface area contributed by atoms with Crippen molar-refractivity contribution in [3.63, 3.8) is 0 Å². The van der Waals surface area contributed by atoms with Gasteiger partial charge in [-0.15, -0.1) is 0 Å². The van der Waals surface area contributed by atoms with Crippen molar-refractivity contribution < 1.29 is 13.2 Å². The van der Waals surface area contributed by atoms with Crippen LogP contribution in [-0.4, -0.2) is 56.7 Å². The predicted octanol–water partition coefficient (Wildman–Crippen LogP) is 0.343. The van der Waals surface area contributed by atoms with E-state index in [1.165, 1.54) is 6.42 Å². The summed E-state index contributed by atoms with van der Waals surface area (Å²) in [6, 6.07) is 1.86. The van der Waals surface area contributed by atoms with Crippen LogP contribution in [0.5, 0.6) is 0 Å². The van der Waals surface area contributed by atoms with Crippen LogP contribution in [0.1, 0.15) is 44.9 Å². The van der Waals surface area contributed by atoms with Crippen LogP contribution in [-0.2, 0) is 14.8 Å². The molecule has 0 aromatic rings. The number of hydrogen-bond acceptors (Lipinski definition) is 5. The molecule has 2 fully saturated rings. The number of nitrogens with one attached hydrogen (secondary N) is 2. The minimum Gasteiger partial charge on any atom is -0.326 e. The molecule has 2 N–H and O–H groups in total. The topological polar surface area (TPSA) is 102 Å². The van der Waals surface area contributed by atoms with Crippen molar-refractivity contribution in [3.05, 3.63) is 0 Å². The fourth-order valence-electron chi connectivity index (χ4n) is 3.24. The van der Waals surface area contributed by atoms with Gasteiger partial charge in [0.15, 0.2) is 0 Å². The van der Waals surface area contributed by atoms with E-state index < -0.39 is 10.0 Å². The number of carbonyl (C=O) groups is 1. The Morgan fingerprint density at radius 2 is 1.91 bits per heavy atom. The Balaban J connectivity index is 1.66. The van der Waals surface area contributed by atoms with Gasteiger partial charge in [-0.05, 0) is 25.7 Å². The molecule has 2 rings (SSSR count). The molecule has 2 aliphatic rings. The Labute approximate surface area is 138 Å². The van der Waals surface area contributed by atoms with Gasteiger partial charge in [-0.2, -0.15) is 5.26 Å². The SMILES string of the molecule is N#C[C@@H]1CCCN1C(=O)CNCCS(=O)(=O)NC1CCCCC1. The Bertz CT molecular complexity index is 537. The van der Waals surface area contributed by atoms with Crippen LogP contribution in [0.15, 0.2) is 0 Å². The molecule has 1 saturated heterocycles. The summed E-state index contributed by atoms with van der Waals surface area (Å²) in [5, 5.41) is 11.8. The molecule has 0 aromatic heterocycles. The van der Waals surface area contributed by atoms with Crippen LogP contribution < -0.4 is 10.0 Å². The Morgan fingerprint density at radius 3 is 2.61 bits per heavy atom. The van der Waals surface area contributed by atoms with Gasteiger partial charge in [0, 0.05) is 19.1 Å². The molecule has 1 aliphatic heterocycles. The lowest BCUT2D eigenvalue weighted by atomic mass is 9.96. The third-order valence-electron chi connectivity index (χ3n) is 4.50.